The van der Waals surface area contributed by atoms with Crippen molar-refractivity contribution in [1.82, 2.24) is 10.2 Å². The van der Waals surface area contributed by atoms with Gasteiger partial charge in [-0.15, -0.1) is 0 Å². The van der Waals surface area contributed by atoms with Gasteiger partial charge in [0.15, 0.2) is 15.7 Å². The van der Waals surface area contributed by atoms with Crippen LogP contribution in [0.1, 0.15) is 58.6 Å². The average molecular weight is 353 g/mol. The van der Waals surface area contributed by atoms with Crippen molar-refractivity contribution in [2.45, 2.75) is 52.9 Å². The molecule has 24 heavy (non-hydrogen) atoms. The predicted octanol–water partition coefficient (Wildman–Crippen LogP) is 2.71. The van der Waals surface area contributed by atoms with E-state index >= 15 is 0 Å². The third-order valence-electron chi connectivity index (χ3n) is 6.23. The van der Waals surface area contributed by atoms with Gasteiger partial charge in [-0.05, 0) is 29.6 Å². The topological polar surface area (TPSA) is 91.9 Å². The number of anilines is 1. The molecule has 0 aromatic carbocycles. The van der Waals surface area contributed by atoms with E-state index < -0.39 is 9.84 Å². The summed E-state index contributed by atoms with van der Waals surface area (Å²) in [5.41, 5.74) is 1.45. The molecule has 1 atom stereocenters. The van der Waals surface area contributed by atoms with E-state index in [1.165, 1.54) is 0 Å². The molecule has 1 saturated carbocycles. The maximum absolute atomic E-state index is 12.2. The van der Waals surface area contributed by atoms with Crippen molar-refractivity contribution in [3.05, 3.63) is 11.8 Å². The molecular formula is C17H27N3O3S. The summed E-state index contributed by atoms with van der Waals surface area (Å²) in [5, 5.41) is 10.0. The zero-order valence-corrected chi connectivity index (χ0v) is 15.7. The van der Waals surface area contributed by atoms with Crippen LogP contribution in [0.5, 0.6) is 0 Å². The molecule has 1 aromatic rings. The molecule has 0 bridgehead atoms. The van der Waals surface area contributed by atoms with E-state index in [9.17, 15) is 13.2 Å². The minimum absolute atomic E-state index is 0.0801. The predicted molar refractivity (Wildman–Crippen MR) is 93.5 cm³/mol. The first kappa shape index (κ1) is 17.5. The van der Waals surface area contributed by atoms with Crippen molar-refractivity contribution in [2.75, 3.05) is 16.8 Å². The smallest absolute Gasteiger partial charge is 0.225 e. The molecule has 1 unspecified atom stereocenters. The molecule has 2 N–H and O–H groups in total. The van der Waals surface area contributed by atoms with Gasteiger partial charge in [-0.1, -0.05) is 27.7 Å². The quantitative estimate of drug-likeness (QED) is 0.870. The minimum Gasteiger partial charge on any atom is -0.309 e. The van der Waals surface area contributed by atoms with Gasteiger partial charge in [0.25, 0.3) is 0 Å². The van der Waals surface area contributed by atoms with E-state index in [1.807, 2.05) is 6.07 Å². The van der Waals surface area contributed by atoms with E-state index in [2.05, 4.69) is 43.2 Å². The summed E-state index contributed by atoms with van der Waals surface area (Å²) in [6.45, 7) is 8.95. The Morgan fingerprint density at radius 2 is 2.00 bits per heavy atom. The van der Waals surface area contributed by atoms with Crippen molar-refractivity contribution in [3.8, 4) is 0 Å². The van der Waals surface area contributed by atoms with Crippen molar-refractivity contribution in [3.63, 3.8) is 0 Å². The molecule has 1 amide bonds. The van der Waals surface area contributed by atoms with Gasteiger partial charge < -0.3 is 5.32 Å². The van der Waals surface area contributed by atoms with Crippen LogP contribution in [-0.2, 0) is 14.6 Å². The zero-order valence-electron chi connectivity index (χ0n) is 14.8. The average Bonchev–Trinajstić information content (AvgIpc) is 2.74. The highest BCUT2D eigenvalue weighted by atomic mass is 32.2. The summed E-state index contributed by atoms with van der Waals surface area (Å²) in [6, 6.07) is 1.90. The Bertz CT molecular complexity index is 735. The van der Waals surface area contributed by atoms with Gasteiger partial charge in [0, 0.05) is 24.1 Å². The fourth-order valence-corrected chi connectivity index (χ4v) is 6.03. The second kappa shape index (κ2) is 5.58. The van der Waals surface area contributed by atoms with Crippen LogP contribution in [0.3, 0.4) is 0 Å². The normalized spacial score (nSPS) is 27.6. The lowest BCUT2D eigenvalue weighted by Crippen LogP contribution is -2.28. The molecule has 2 heterocycles. The van der Waals surface area contributed by atoms with Gasteiger partial charge in [0.2, 0.25) is 5.91 Å². The van der Waals surface area contributed by atoms with E-state index in [-0.39, 0.29) is 40.6 Å². The maximum atomic E-state index is 12.2. The number of carbonyl (C=O) groups is 1. The Balaban J connectivity index is 1.58. The fourth-order valence-electron chi connectivity index (χ4n) is 4.26. The van der Waals surface area contributed by atoms with Crippen LogP contribution in [0.15, 0.2) is 6.07 Å². The largest absolute Gasteiger partial charge is 0.309 e. The van der Waals surface area contributed by atoms with E-state index in [0.29, 0.717) is 18.2 Å². The summed E-state index contributed by atoms with van der Waals surface area (Å²) in [4.78, 5) is 12.2. The number of aromatic nitrogens is 2. The van der Waals surface area contributed by atoms with Crippen LogP contribution in [0, 0.1) is 16.7 Å². The number of carbonyl (C=O) groups excluding carboxylic acids is 1. The van der Waals surface area contributed by atoms with Crippen LogP contribution < -0.4 is 5.32 Å². The molecule has 2 fully saturated rings. The third kappa shape index (κ3) is 3.10. The molecule has 6 nitrogen and oxygen atoms in total. The number of amides is 1. The molecule has 1 aliphatic carbocycles. The lowest BCUT2D eigenvalue weighted by Gasteiger charge is -2.20. The highest BCUT2D eigenvalue weighted by Crippen LogP contribution is 2.73. The highest BCUT2D eigenvalue weighted by Gasteiger charge is 2.65. The number of aromatic amines is 1. The Morgan fingerprint density at radius 3 is 2.58 bits per heavy atom. The Kier molecular flexibility index (Phi) is 4.06. The molecule has 3 rings (SSSR count). The first-order chi connectivity index (χ1) is 11.0. The number of hydrogen-bond donors (Lipinski definition) is 2. The lowest BCUT2D eigenvalue weighted by atomic mass is 10.0. The van der Waals surface area contributed by atoms with Crippen molar-refractivity contribution >= 4 is 21.6 Å². The second-order valence-electron chi connectivity index (χ2n) is 8.46. The molecule has 0 spiro atoms. The second-order valence-corrected chi connectivity index (χ2v) is 10.7. The van der Waals surface area contributed by atoms with Crippen molar-refractivity contribution < 1.29 is 13.2 Å². The SMILES string of the molecule is CC1(C)C(c2cc(NC(=O)CC3CCCS(=O)(=O)C3)n[nH]2)C1(C)C. The summed E-state index contributed by atoms with van der Waals surface area (Å²) in [7, 11) is -2.98. The summed E-state index contributed by atoms with van der Waals surface area (Å²) < 4.78 is 23.3. The lowest BCUT2D eigenvalue weighted by molar-refractivity contribution is -0.117. The molecule has 1 saturated heterocycles. The fraction of sp³-hybridized carbons (Fsp3) is 0.765. The Morgan fingerprint density at radius 1 is 1.33 bits per heavy atom. The minimum atomic E-state index is -2.98. The molecule has 134 valence electrons. The zero-order chi connectivity index (χ0) is 17.8. The third-order valence-corrected chi connectivity index (χ3v) is 8.12. The van der Waals surface area contributed by atoms with Crippen molar-refractivity contribution in [1.29, 1.82) is 0 Å². The Labute approximate surface area is 143 Å². The van der Waals surface area contributed by atoms with E-state index in [1.54, 1.807) is 0 Å². The van der Waals surface area contributed by atoms with Gasteiger partial charge in [0.05, 0.1) is 11.5 Å². The number of nitrogens with one attached hydrogen (secondary N) is 2. The van der Waals surface area contributed by atoms with Crippen LogP contribution >= 0.6 is 0 Å². The first-order valence-corrected chi connectivity index (χ1v) is 10.4. The number of nitrogens with zero attached hydrogens (tertiary/aromatic N) is 1. The summed E-state index contributed by atoms with van der Waals surface area (Å²) in [6.07, 6.45) is 1.68. The van der Waals surface area contributed by atoms with Gasteiger partial charge in [0.1, 0.15) is 0 Å². The maximum Gasteiger partial charge on any atom is 0.225 e. The van der Waals surface area contributed by atoms with Gasteiger partial charge >= 0.3 is 0 Å². The van der Waals surface area contributed by atoms with Crippen molar-refractivity contribution in [2.24, 2.45) is 16.7 Å². The van der Waals surface area contributed by atoms with Gasteiger partial charge in [-0.3, -0.25) is 9.89 Å². The first-order valence-electron chi connectivity index (χ1n) is 8.58. The van der Waals surface area contributed by atoms with Crippen LogP contribution in [0.4, 0.5) is 5.82 Å². The van der Waals surface area contributed by atoms with Crippen LogP contribution in [-0.4, -0.2) is 36.0 Å². The van der Waals surface area contributed by atoms with Gasteiger partial charge in [-0.25, -0.2) is 8.42 Å². The number of H-pyrrole nitrogens is 1. The summed E-state index contributed by atoms with van der Waals surface area (Å²) in [5.74, 6) is 1.05. The Hall–Kier alpha value is -1.37. The number of rotatable bonds is 4. The van der Waals surface area contributed by atoms with E-state index in [0.717, 1.165) is 12.1 Å². The monoisotopic (exact) mass is 353 g/mol. The summed E-state index contributed by atoms with van der Waals surface area (Å²) >= 11 is 0. The number of sulfone groups is 1. The molecule has 1 aliphatic heterocycles. The molecular weight excluding hydrogens is 326 g/mol. The molecule has 2 aliphatic rings. The highest BCUT2D eigenvalue weighted by molar-refractivity contribution is 7.91. The number of hydrogen-bond acceptors (Lipinski definition) is 4. The van der Waals surface area contributed by atoms with Gasteiger partial charge in [-0.2, -0.15) is 5.10 Å². The van der Waals surface area contributed by atoms with E-state index in [4.69, 9.17) is 0 Å². The molecule has 0 radical (unpaired) electrons. The molecule has 1 aromatic heterocycles. The standard InChI is InChI=1S/C17H27N3O3S/c1-16(2)15(17(16,3)4)12-9-13(20-19-12)18-14(21)8-11-6-5-7-24(22,23)10-11/h9,11,15H,5-8,10H2,1-4H3,(H2,18,19,20,21). The van der Waals surface area contributed by atoms with Crippen LogP contribution in [0.2, 0.25) is 0 Å². The molecule has 7 heteroatoms. The van der Waals surface area contributed by atoms with Crippen LogP contribution in [0.25, 0.3) is 0 Å².